The lowest BCUT2D eigenvalue weighted by Gasteiger charge is -2.14. The summed E-state index contributed by atoms with van der Waals surface area (Å²) in [6.07, 6.45) is 8.92. The molecule has 14 heavy (non-hydrogen) atoms. The number of likely N-dealkylation sites (N-methyl/N-ethyl adjacent to an activating group) is 1. The highest BCUT2D eigenvalue weighted by Crippen LogP contribution is 2.06. The molecule has 1 heterocycles. The maximum absolute atomic E-state index is 4.00. The van der Waals surface area contributed by atoms with Crippen molar-refractivity contribution in [1.82, 2.24) is 10.3 Å². The lowest BCUT2D eigenvalue weighted by atomic mass is 10.0. The van der Waals surface area contributed by atoms with Gasteiger partial charge in [0.1, 0.15) is 0 Å². The summed E-state index contributed by atoms with van der Waals surface area (Å²) in [5.74, 6) is 0. The topological polar surface area (TPSA) is 24.9 Å². The number of nitrogens with one attached hydrogen (secondary N) is 1. The number of aromatic nitrogens is 1. The predicted molar refractivity (Wildman–Crippen MR) is 60.2 cm³/mol. The summed E-state index contributed by atoms with van der Waals surface area (Å²) in [6.45, 7) is 3.74. The monoisotopic (exact) mass is 190 g/mol. The minimum atomic E-state index is 0.537. The van der Waals surface area contributed by atoms with Crippen LogP contribution >= 0.6 is 0 Å². The molecule has 1 atom stereocenters. The number of pyridine rings is 1. The maximum Gasteiger partial charge on any atom is 0.0270 e. The molecule has 2 nitrogen and oxygen atoms in total. The van der Waals surface area contributed by atoms with Crippen LogP contribution < -0.4 is 5.32 Å². The quantitative estimate of drug-likeness (QED) is 0.695. The second-order valence-corrected chi connectivity index (χ2v) is 3.41. The van der Waals surface area contributed by atoms with E-state index in [1.54, 1.807) is 0 Å². The Kier molecular flexibility index (Phi) is 4.94. The summed E-state index contributed by atoms with van der Waals surface area (Å²) >= 11 is 0. The fourth-order valence-electron chi connectivity index (χ4n) is 1.47. The molecule has 1 unspecified atom stereocenters. The van der Waals surface area contributed by atoms with Crippen molar-refractivity contribution in [2.45, 2.75) is 25.3 Å². The third-order valence-corrected chi connectivity index (χ3v) is 2.36. The summed E-state index contributed by atoms with van der Waals surface area (Å²) in [6, 6.07) is 4.67. The molecule has 1 aromatic heterocycles. The smallest absolute Gasteiger partial charge is 0.0270 e. The zero-order chi connectivity index (χ0) is 10.2. The fraction of sp³-hybridized carbons (Fsp3) is 0.417. The van der Waals surface area contributed by atoms with Crippen molar-refractivity contribution in [3.63, 3.8) is 0 Å². The second kappa shape index (κ2) is 6.33. The summed E-state index contributed by atoms with van der Waals surface area (Å²) < 4.78 is 0. The lowest BCUT2D eigenvalue weighted by molar-refractivity contribution is 0.524. The van der Waals surface area contributed by atoms with Gasteiger partial charge in [-0.3, -0.25) is 4.98 Å². The van der Waals surface area contributed by atoms with Gasteiger partial charge in [0, 0.05) is 18.4 Å². The molecule has 0 aliphatic rings. The Balaban J connectivity index is 2.44. The summed E-state index contributed by atoms with van der Waals surface area (Å²) in [7, 11) is 2.01. The van der Waals surface area contributed by atoms with Crippen molar-refractivity contribution in [1.29, 1.82) is 0 Å². The number of rotatable bonds is 6. The molecule has 0 spiro atoms. The van der Waals surface area contributed by atoms with Gasteiger partial charge in [-0.25, -0.2) is 0 Å². The Labute approximate surface area is 86.1 Å². The Morgan fingerprint density at radius 1 is 1.50 bits per heavy atom. The van der Waals surface area contributed by atoms with Gasteiger partial charge in [0.25, 0.3) is 0 Å². The van der Waals surface area contributed by atoms with Crippen molar-refractivity contribution < 1.29 is 0 Å². The Hall–Kier alpha value is -1.15. The van der Waals surface area contributed by atoms with Crippen LogP contribution in [0.4, 0.5) is 0 Å². The van der Waals surface area contributed by atoms with Crippen molar-refractivity contribution in [3.8, 4) is 0 Å². The predicted octanol–water partition coefficient (Wildman–Crippen LogP) is 2.18. The van der Waals surface area contributed by atoms with Crippen LogP contribution in [0.1, 0.15) is 18.4 Å². The van der Waals surface area contributed by atoms with Crippen molar-refractivity contribution in [3.05, 3.63) is 42.7 Å². The lowest BCUT2D eigenvalue weighted by Crippen LogP contribution is -2.27. The highest BCUT2D eigenvalue weighted by molar-refractivity contribution is 5.11. The van der Waals surface area contributed by atoms with E-state index >= 15 is 0 Å². The SMILES string of the molecule is C=CCCC(Cc1ccncc1)NC. The van der Waals surface area contributed by atoms with Crippen molar-refractivity contribution in [2.75, 3.05) is 7.05 Å². The van der Waals surface area contributed by atoms with Gasteiger partial charge >= 0.3 is 0 Å². The van der Waals surface area contributed by atoms with Crippen LogP contribution in [0.15, 0.2) is 37.2 Å². The molecule has 0 aliphatic carbocycles. The molecule has 76 valence electrons. The molecule has 0 aromatic carbocycles. The van der Waals surface area contributed by atoms with Gasteiger partial charge < -0.3 is 5.32 Å². The third-order valence-electron chi connectivity index (χ3n) is 2.36. The first-order valence-electron chi connectivity index (χ1n) is 5.04. The summed E-state index contributed by atoms with van der Waals surface area (Å²) in [4.78, 5) is 4.00. The van der Waals surface area contributed by atoms with Gasteiger partial charge in [-0.05, 0) is 44.0 Å². The van der Waals surface area contributed by atoms with Crippen LogP contribution in [0.3, 0.4) is 0 Å². The van der Waals surface area contributed by atoms with Crippen molar-refractivity contribution >= 4 is 0 Å². The highest BCUT2D eigenvalue weighted by atomic mass is 14.9. The van der Waals surface area contributed by atoms with Gasteiger partial charge in [-0.2, -0.15) is 0 Å². The number of hydrogen-bond acceptors (Lipinski definition) is 2. The van der Waals surface area contributed by atoms with Crippen LogP contribution in [0.25, 0.3) is 0 Å². The van der Waals surface area contributed by atoms with E-state index in [-0.39, 0.29) is 0 Å². The Morgan fingerprint density at radius 2 is 2.21 bits per heavy atom. The standard InChI is InChI=1S/C12H18N2/c1-3-4-5-12(13-2)10-11-6-8-14-9-7-11/h3,6-9,12-13H,1,4-5,10H2,2H3. The van der Waals surface area contributed by atoms with Crippen LogP contribution in [-0.4, -0.2) is 18.1 Å². The second-order valence-electron chi connectivity index (χ2n) is 3.41. The number of nitrogens with zero attached hydrogens (tertiary/aromatic N) is 1. The minimum Gasteiger partial charge on any atom is -0.317 e. The summed E-state index contributed by atoms with van der Waals surface area (Å²) in [5.41, 5.74) is 1.34. The van der Waals surface area contributed by atoms with E-state index in [4.69, 9.17) is 0 Å². The molecule has 0 saturated heterocycles. The zero-order valence-electron chi connectivity index (χ0n) is 8.74. The maximum atomic E-state index is 4.00. The van der Waals surface area contributed by atoms with Gasteiger partial charge in [-0.15, -0.1) is 6.58 Å². The molecule has 0 aliphatic heterocycles. The Morgan fingerprint density at radius 3 is 2.79 bits per heavy atom. The van der Waals surface area contributed by atoms with E-state index in [1.807, 2.05) is 25.5 Å². The van der Waals surface area contributed by atoms with E-state index < -0.39 is 0 Å². The minimum absolute atomic E-state index is 0.537. The summed E-state index contributed by atoms with van der Waals surface area (Å²) in [5, 5.41) is 3.32. The van der Waals surface area contributed by atoms with Crippen molar-refractivity contribution in [2.24, 2.45) is 0 Å². The molecule has 1 aromatic rings. The molecule has 0 bridgehead atoms. The Bertz CT molecular complexity index is 256. The largest absolute Gasteiger partial charge is 0.317 e. The van der Waals surface area contributed by atoms with Crippen LogP contribution in [0.2, 0.25) is 0 Å². The molecule has 2 heteroatoms. The van der Waals surface area contributed by atoms with E-state index in [9.17, 15) is 0 Å². The molecular weight excluding hydrogens is 172 g/mol. The zero-order valence-corrected chi connectivity index (χ0v) is 8.74. The van der Waals surface area contributed by atoms with Gasteiger partial charge in [-0.1, -0.05) is 6.08 Å². The average Bonchev–Trinajstić information content (AvgIpc) is 2.25. The first-order chi connectivity index (χ1) is 6.86. The van der Waals surface area contributed by atoms with E-state index in [0.29, 0.717) is 6.04 Å². The van der Waals surface area contributed by atoms with Gasteiger partial charge in [0.2, 0.25) is 0 Å². The first-order valence-corrected chi connectivity index (χ1v) is 5.04. The molecule has 0 fully saturated rings. The van der Waals surface area contributed by atoms with Crippen LogP contribution in [0.5, 0.6) is 0 Å². The first kappa shape index (κ1) is 10.9. The van der Waals surface area contributed by atoms with E-state index in [1.165, 1.54) is 5.56 Å². The average molecular weight is 190 g/mol. The fourth-order valence-corrected chi connectivity index (χ4v) is 1.47. The molecule has 0 radical (unpaired) electrons. The van der Waals surface area contributed by atoms with Crippen LogP contribution in [0, 0.1) is 0 Å². The van der Waals surface area contributed by atoms with Gasteiger partial charge in [0.05, 0.1) is 0 Å². The molecule has 1 N–H and O–H groups in total. The highest BCUT2D eigenvalue weighted by Gasteiger charge is 2.05. The number of hydrogen-bond donors (Lipinski definition) is 1. The third kappa shape index (κ3) is 3.71. The molecular formula is C12H18N2. The molecule has 0 saturated carbocycles. The van der Waals surface area contributed by atoms with Gasteiger partial charge in [0.15, 0.2) is 0 Å². The van der Waals surface area contributed by atoms with E-state index in [0.717, 1.165) is 19.3 Å². The van der Waals surface area contributed by atoms with E-state index in [2.05, 4.69) is 29.0 Å². The molecule has 1 rings (SSSR count). The molecule has 0 amide bonds. The number of allylic oxidation sites excluding steroid dienone is 1. The van der Waals surface area contributed by atoms with Crippen LogP contribution in [-0.2, 0) is 6.42 Å². The normalized spacial score (nSPS) is 12.4.